The first-order chi connectivity index (χ1) is 9.38. The fraction of sp³-hybridized carbons (Fsp3) is 0.231. The maximum Gasteiger partial charge on any atom is 0.343 e. The summed E-state index contributed by atoms with van der Waals surface area (Å²) in [5.41, 5.74) is -0.165. The highest BCUT2D eigenvalue weighted by molar-refractivity contribution is 9.10. The zero-order valence-electron chi connectivity index (χ0n) is 10.8. The highest BCUT2D eigenvalue weighted by atomic mass is 79.9. The van der Waals surface area contributed by atoms with Gasteiger partial charge in [-0.2, -0.15) is 0 Å². The van der Waals surface area contributed by atoms with Crippen LogP contribution in [0.1, 0.15) is 13.8 Å². The van der Waals surface area contributed by atoms with Crippen molar-refractivity contribution < 1.29 is 19.0 Å². The Balaban J connectivity index is 3.10. The molecular weight excluding hydrogens is 353 g/mol. The second kappa shape index (κ2) is 7.40. The van der Waals surface area contributed by atoms with E-state index in [1.165, 1.54) is 19.1 Å². The third-order valence-electron chi connectivity index (χ3n) is 2.23. The van der Waals surface area contributed by atoms with Crippen molar-refractivity contribution in [1.82, 2.24) is 0 Å². The average molecular weight is 365 g/mol. The summed E-state index contributed by atoms with van der Waals surface area (Å²) in [7, 11) is 0. The molecule has 0 aromatic heterocycles. The number of allylic oxidation sites excluding steroid dienone is 1. The van der Waals surface area contributed by atoms with Crippen molar-refractivity contribution in [2.45, 2.75) is 13.8 Å². The molecule has 108 valence electrons. The number of carbonyl (C=O) groups excluding carboxylic acids is 1. The average Bonchev–Trinajstić information content (AvgIpc) is 2.38. The maximum absolute atomic E-state index is 13.8. The number of benzene rings is 1. The zero-order chi connectivity index (χ0) is 15.3. The lowest BCUT2D eigenvalue weighted by atomic mass is 10.2. The number of halogens is 3. The van der Waals surface area contributed by atoms with Crippen molar-refractivity contribution in [3.8, 4) is 0 Å². The van der Waals surface area contributed by atoms with Gasteiger partial charge in [-0.05, 0) is 41.9 Å². The molecule has 0 amide bonds. The summed E-state index contributed by atoms with van der Waals surface area (Å²) in [5.74, 6) is -1.65. The predicted octanol–water partition coefficient (Wildman–Crippen LogP) is 4.34. The molecule has 0 aliphatic rings. The largest absolute Gasteiger partial charge is 0.512 e. The molecule has 4 nitrogen and oxygen atoms in total. The molecular formula is C13H12BrClFNO3. The summed E-state index contributed by atoms with van der Waals surface area (Å²) >= 11 is 8.71. The van der Waals surface area contributed by atoms with Gasteiger partial charge in [-0.25, -0.2) is 9.18 Å². The Morgan fingerprint density at radius 1 is 1.60 bits per heavy atom. The first kappa shape index (κ1) is 16.7. The molecule has 0 radical (unpaired) electrons. The van der Waals surface area contributed by atoms with E-state index in [0.29, 0.717) is 0 Å². The molecule has 0 fully saturated rings. The van der Waals surface area contributed by atoms with Gasteiger partial charge < -0.3 is 9.84 Å². The van der Waals surface area contributed by atoms with E-state index in [4.69, 9.17) is 16.3 Å². The summed E-state index contributed by atoms with van der Waals surface area (Å²) in [6, 6.07) is 2.81. The third-order valence-corrected chi connectivity index (χ3v) is 3.55. The summed E-state index contributed by atoms with van der Waals surface area (Å²) in [6.07, 6.45) is 1.05. The van der Waals surface area contributed by atoms with Crippen molar-refractivity contribution in [3.63, 3.8) is 0 Å². The lowest BCUT2D eigenvalue weighted by Crippen LogP contribution is -2.10. The summed E-state index contributed by atoms with van der Waals surface area (Å²) < 4.78 is 18.7. The number of esters is 1. The number of hydrogen-bond acceptors (Lipinski definition) is 4. The summed E-state index contributed by atoms with van der Waals surface area (Å²) in [6.45, 7) is 3.10. The molecule has 0 unspecified atom stereocenters. The highest BCUT2D eigenvalue weighted by Crippen LogP contribution is 2.31. The monoisotopic (exact) mass is 363 g/mol. The molecule has 0 bridgehead atoms. The predicted molar refractivity (Wildman–Crippen MR) is 79.2 cm³/mol. The number of ether oxygens (including phenoxy) is 1. The zero-order valence-corrected chi connectivity index (χ0v) is 13.1. The first-order valence-corrected chi connectivity index (χ1v) is 6.80. The topological polar surface area (TPSA) is 58.9 Å². The maximum atomic E-state index is 13.8. The molecule has 0 aliphatic carbocycles. The number of aliphatic hydroxyl groups is 1. The van der Waals surface area contributed by atoms with E-state index in [-0.39, 0.29) is 33.1 Å². The molecule has 0 atom stereocenters. The second-order valence-corrected chi connectivity index (χ2v) is 4.87. The minimum absolute atomic E-state index is 0.0238. The van der Waals surface area contributed by atoms with E-state index in [2.05, 4.69) is 20.9 Å². The molecule has 20 heavy (non-hydrogen) atoms. The van der Waals surface area contributed by atoms with E-state index in [9.17, 15) is 14.3 Å². The number of nitrogens with zero attached hydrogens (tertiary/aromatic N) is 1. The van der Waals surface area contributed by atoms with Crippen molar-refractivity contribution in [1.29, 1.82) is 0 Å². The van der Waals surface area contributed by atoms with Gasteiger partial charge in [-0.1, -0.05) is 11.6 Å². The van der Waals surface area contributed by atoms with Gasteiger partial charge in [0.2, 0.25) is 0 Å². The number of rotatable bonds is 4. The summed E-state index contributed by atoms with van der Waals surface area (Å²) in [5, 5.41) is 9.63. The van der Waals surface area contributed by atoms with Gasteiger partial charge in [0.15, 0.2) is 5.82 Å². The summed E-state index contributed by atoms with van der Waals surface area (Å²) in [4.78, 5) is 15.4. The minimum atomic E-state index is -0.732. The van der Waals surface area contributed by atoms with Crippen LogP contribution in [0.5, 0.6) is 0 Å². The van der Waals surface area contributed by atoms with Gasteiger partial charge in [-0.3, -0.25) is 4.99 Å². The van der Waals surface area contributed by atoms with Gasteiger partial charge in [0, 0.05) is 6.21 Å². The van der Waals surface area contributed by atoms with Crippen LogP contribution < -0.4 is 0 Å². The van der Waals surface area contributed by atoms with Crippen LogP contribution in [-0.4, -0.2) is 23.9 Å². The second-order valence-electron chi connectivity index (χ2n) is 3.67. The van der Waals surface area contributed by atoms with Gasteiger partial charge in [0.25, 0.3) is 0 Å². The Morgan fingerprint density at radius 3 is 2.80 bits per heavy atom. The van der Waals surface area contributed by atoms with Crippen LogP contribution in [-0.2, 0) is 9.53 Å². The molecule has 0 heterocycles. The van der Waals surface area contributed by atoms with Gasteiger partial charge in [0.05, 0.1) is 21.8 Å². The minimum Gasteiger partial charge on any atom is -0.512 e. The van der Waals surface area contributed by atoms with Crippen LogP contribution in [0, 0.1) is 5.82 Å². The standard InChI is InChI=1S/C13H12BrClFNO3/c1-3-20-13(19)8(7(2)18)6-17-10-5-4-9(15)11(14)12(10)16/h4-6,18H,3H2,1-2H3. The molecule has 1 N–H and O–H groups in total. The normalized spacial score (nSPS) is 12.4. The van der Waals surface area contributed by atoms with Gasteiger partial charge in [0.1, 0.15) is 11.3 Å². The Kier molecular flexibility index (Phi) is 6.16. The third kappa shape index (κ3) is 4.05. The number of carbonyl (C=O) groups is 1. The molecule has 1 aromatic rings. The molecule has 0 spiro atoms. The quantitative estimate of drug-likeness (QED) is 0.284. The number of aliphatic hydroxyl groups excluding tert-OH is 1. The van der Waals surface area contributed by atoms with E-state index in [1.807, 2.05) is 0 Å². The van der Waals surface area contributed by atoms with E-state index >= 15 is 0 Å². The molecule has 0 saturated heterocycles. The Labute approximate surface area is 129 Å². The van der Waals surface area contributed by atoms with E-state index in [1.54, 1.807) is 6.92 Å². The van der Waals surface area contributed by atoms with Crippen molar-refractivity contribution >= 4 is 45.4 Å². The molecule has 1 rings (SSSR count). The lowest BCUT2D eigenvalue weighted by molar-refractivity contribution is -0.138. The van der Waals surface area contributed by atoms with Crippen LogP contribution in [0.2, 0.25) is 5.02 Å². The Hall–Kier alpha value is -1.40. The fourth-order valence-electron chi connectivity index (χ4n) is 1.25. The van der Waals surface area contributed by atoms with Crippen LogP contribution in [0.25, 0.3) is 0 Å². The SMILES string of the molecule is CCOC(=O)C(C=Nc1ccc(Cl)c(Br)c1F)=C(C)O. The highest BCUT2D eigenvalue weighted by Gasteiger charge is 2.13. The smallest absolute Gasteiger partial charge is 0.343 e. The molecule has 0 saturated carbocycles. The first-order valence-electron chi connectivity index (χ1n) is 5.63. The van der Waals surface area contributed by atoms with Crippen LogP contribution in [0.4, 0.5) is 10.1 Å². The van der Waals surface area contributed by atoms with Crippen molar-refractivity contribution in [2.75, 3.05) is 6.61 Å². The van der Waals surface area contributed by atoms with E-state index < -0.39 is 11.8 Å². The van der Waals surface area contributed by atoms with Crippen LogP contribution in [0.3, 0.4) is 0 Å². The number of hydrogen-bond donors (Lipinski definition) is 1. The van der Waals surface area contributed by atoms with E-state index in [0.717, 1.165) is 6.21 Å². The Morgan fingerprint density at radius 2 is 2.25 bits per heavy atom. The molecule has 0 aliphatic heterocycles. The fourth-order valence-corrected chi connectivity index (χ4v) is 1.73. The Bertz CT molecular complexity index is 583. The lowest BCUT2D eigenvalue weighted by Gasteiger charge is -2.04. The van der Waals surface area contributed by atoms with Crippen molar-refractivity contribution in [2.24, 2.45) is 4.99 Å². The van der Waals surface area contributed by atoms with Crippen molar-refractivity contribution in [3.05, 3.63) is 38.8 Å². The molecule has 7 heteroatoms. The van der Waals surface area contributed by atoms with Crippen LogP contribution >= 0.6 is 27.5 Å². The van der Waals surface area contributed by atoms with Crippen LogP contribution in [0.15, 0.2) is 32.9 Å². The van der Waals surface area contributed by atoms with Gasteiger partial charge in [-0.15, -0.1) is 0 Å². The van der Waals surface area contributed by atoms with Gasteiger partial charge >= 0.3 is 5.97 Å². The number of aliphatic imine (C=N–C) groups is 1. The molecule has 1 aromatic carbocycles.